The molecule has 1 aromatic heterocycles. The van der Waals surface area contributed by atoms with Crippen LogP contribution in [0.1, 0.15) is 19.5 Å². The first kappa shape index (κ1) is 7.12. The molecule has 0 aliphatic rings. The molecule has 0 amide bonds. The molecular formula is C7H11N3. The van der Waals surface area contributed by atoms with Gasteiger partial charge >= 0.3 is 0 Å². The van der Waals surface area contributed by atoms with Crippen LogP contribution >= 0.6 is 0 Å². The Labute approximate surface area is 60.5 Å². The summed E-state index contributed by atoms with van der Waals surface area (Å²) >= 11 is 0. The van der Waals surface area contributed by atoms with Crippen molar-refractivity contribution < 1.29 is 0 Å². The first-order chi connectivity index (χ1) is 4.79. The number of nitrogens with zero attached hydrogens (tertiary/aromatic N) is 3. The van der Waals surface area contributed by atoms with Gasteiger partial charge in [-0.3, -0.25) is 0 Å². The zero-order valence-corrected chi connectivity index (χ0v) is 6.28. The molecule has 0 atom stereocenters. The van der Waals surface area contributed by atoms with Crippen LogP contribution in [0.15, 0.2) is 12.5 Å². The monoisotopic (exact) mass is 137 g/mol. The van der Waals surface area contributed by atoms with E-state index in [4.69, 9.17) is 0 Å². The van der Waals surface area contributed by atoms with Gasteiger partial charge < -0.3 is 0 Å². The lowest BCUT2D eigenvalue weighted by Crippen LogP contribution is -1.98. The lowest BCUT2D eigenvalue weighted by molar-refractivity contribution is 0.624. The number of hydrogen-bond donors (Lipinski definition) is 0. The fourth-order valence-corrected chi connectivity index (χ4v) is 0.787. The van der Waals surface area contributed by atoms with Gasteiger partial charge in [-0.05, 0) is 12.3 Å². The maximum absolute atomic E-state index is 3.91. The van der Waals surface area contributed by atoms with E-state index in [9.17, 15) is 0 Å². The zero-order chi connectivity index (χ0) is 7.40. The summed E-state index contributed by atoms with van der Waals surface area (Å²) in [7, 11) is 0. The van der Waals surface area contributed by atoms with Crippen molar-refractivity contribution in [1.82, 2.24) is 15.2 Å². The van der Waals surface area contributed by atoms with Crippen LogP contribution in [0.3, 0.4) is 0 Å². The first-order valence-corrected chi connectivity index (χ1v) is 3.40. The molecule has 1 heterocycles. The Morgan fingerprint density at radius 1 is 1.50 bits per heavy atom. The molecule has 0 fully saturated rings. The van der Waals surface area contributed by atoms with E-state index in [2.05, 4.69) is 29.0 Å². The summed E-state index contributed by atoms with van der Waals surface area (Å²) in [5, 5.41) is 7.58. The Bertz CT molecular complexity index is 183. The normalized spacial score (nSPS) is 10.3. The average Bonchev–Trinajstić information content (AvgIpc) is 1.88. The molecule has 0 N–H and O–H groups in total. The SMILES string of the molecule is CC(C)Cc1cncnn1. The molecule has 0 unspecified atom stereocenters. The molecule has 1 aromatic rings. The highest BCUT2D eigenvalue weighted by atomic mass is 15.1. The molecule has 3 heteroatoms. The Hall–Kier alpha value is -0.990. The summed E-state index contributed by atoms with van der Waals surface area (Å²) in [5.74, 6) is 0.624. The third kappa shape index (κ3) is 2.09. The van der Waals surface area contributed by atoms with Crippen molar-refractivity contribution in [3.8, 4) is 0 Å². The van der Waals surface area contributed by atoms with Crippen LogP contribution < -0.4 is 0 Å². The summed E-state index contributed by atoms with van der Waals surface area (Å²) < 4.78 is 0. The third-order valence-corrected chi connectivity index (χ3v) is 1.15. The van der Waals surface area contributed by atoms with Crippen LogP contribution in [0, 0.1) is 5.92 Å². The van der Waals surface area contributed by atoms with Gasteiger partial charge in [0.25, 0.3) is 0 Å². The van der Waals surface area contributed by atoms with Crippen LogP contribution in [-0.2, 0) is 6.42 Å². The molecule has 0 aliphatic heterocycles. The van der Waals surface area contributed by atoms with Crippen molar-refractivity contribution >= 4 is 0 Å². The van der Waals surface area contributed by atoms with Crippen molar-refractivity contribution in [2.24, 2.45) is 5.92 Å². The van der Waals surface area contributed by atoms with Gasteiger partial charge in [-0.15, -0.1) is 5.10 Å². The smallest absolute Gasteiger partial charge is 0.138 e. The standard InChI is InChI=1S/C7H11N3/c1-6(2)3-7-4-8-5-9-10-7/h4-6H,3H2,1-2H3. The van der Waals surface area contributed by atoms with Gasteiger partial charge in [0, 0.05) is 0 Å². The minimum absolute atomic E-state index is 0.624. The Kier molecular flexibility index (Phi) is 2.31. The minimum atomic E-state index is 0.624. The molecule has 0 bridgehead atoms. The molecule has 1 rings (SSSR count). The molecule has 0 saturated carbocycles. The van der Waals surface area contributed by atoms with Gasteiger partial charge in [0.1, 0.15) is 6.33 Å². The third-order valence-electron chi connectivity index (χ3n) is 1.15. The van der Waals surface area contributed by atoms with E-state index in [0.29, 0.717) is 5.92 Å². The van der Waals surface area contributed by atoms with Crippen LogP contribution in [0.2, 0.25) is 0 Å². The van der Waals surface area contributed by atoms with Crippen molar-refractivity contribution in [3.05, 3.63) is 18.2 Å². The molecule has 0 aliphatic carbocycles. The second-order valence-electron chi connectivity index (χ2n) is 2.70. The largest absolute Gasteiger partial charge is 0.241 e. The van der Waals surface area contributed by atoms with Gasteiger partial charge in [0.2, 0.25) is 0 Å². The van der Waals surface area contributed by atoms with E-state index < -0.39 is 0 Å². The summed E-state index contributed by atoms with van der Waals surface area (Å²) in [6, 6.07) is 0. The van der Waals surface area contributed by atoms with E-state index in [1.54, 1.807) is 6.20 Å². The number of rotatable bonds is 2. The van der Waals surface area contributed by atoms with Crippen molar-refractivity contribution in [1.29, 1.82) is 0 Å². The van der Waals surface area contributed by atoms with Crippen LogP contribution in [0.4, 0.5) is 0 Å². The van der Waals surface area contributed by atoms with Crippen molar-refractivity contribution in [2.45, 2.75) is 20.3 Å². The summed E-state index contributed by atoms with van der Waals surface area (Å²) in [6.45, 7) is 4.30. The van der Waals surface area contributed by atoms with Crippen LogP contribution in [0.5, 0.6) is 0 Å². The number of aromatic nitrogens is 3. The van der Waals surface area contributed by atoms with Crippen molar-refractivity contribution in [2.75, 3.05) is 0 Å². The van der Waals surface area contributed by atoms with Gasteiger partial charge in [0.15, 0.2) is 0 Å². The Balaban J connectivity index is 2.59. The van der Waals surface area contributed by atoms with Crippen LogP contribution in [-0.4, -0.2) is 15.2 Å². The topological polar surface area (TPSA) is 38.7 Å². The fourth-order valence-electron chi connectivity index (χ4n) is 0.787. The number of hydrogen-bond acceptors (Lipinski definition) is 3. The maximum atomic E-state index is 3.91. The lowest BCUT2D eigenvalue weighted by atomic mass is 10.1. The molecule has 3 nitrogen and oxygen atoms in total. The van der Waals surface area contributed by atoms with Gasteiger partial charge in [0.05, 0.1) is 11.9 Å². The quantitative estimate of drug-likeness (QED) is 0.612. The van der Waals surface area contributed by atoms with E-state index in [1.165, 1.54) is 6.33 Å². The second kappa shape index (κ2) is 3.25. The highest BCUT2D eigenvalue weighted by Crippen LogP contribution is 2.00. The highest BCUT2D eigenvalue weighted by Gasteiger charge is 1.97. The van der Waals surface area contributed by atoms with Crippen LogP contribution in [0.25, 0.3) is 0 Å². The molecule has 0 radical (unpaired) electrons. The minimum Gasteiger partial charge on any atom is -0.241 e. The fraction of sp³-hybridized carbons (Fsp3) is 0.571. The van der Waals surface area contributed by atoms with Gasteiger partial charge in [-0.2, -0.15) is 5.10 Å². The first-order valence-electron chi connectivity index (χ1n) is 3.40. The Morgan fingerprint density at radius 2 is 2.30 bits per heavy atom. The van der Waals surface area contributed by atoms with E-state index in [1.807, 2.05) is 0 Å². The summed E-state index contributed by atoms with van der Waals surface area (Å²) in [5.41, 5.74) is 0.970. The second-order valence-corrected chi connectivity index (χ2v) is 2.70. The molecule has 54 valence electrons. The predicted octanol–water partition coefficient (Wildman–Crippen LogP) is 1.07. The van der Waals surface area contributed by atoms with Gasteiger partial charge in [-0.1, -0.05) is 13.8 Å². The summed E-state index contributed by atoms with van der Waals surface area (Å²) in [4.78, 5) is 3.86. The van der Waals surface area contributed by atoms with Crippen molar-refractivity contribution in [3.63, 3.8) is 0 Å². The van der Waals surface area contributed by atoms with Gasteiger partial charge in [-0.25, -0.2) is 4.98 Å². The van der Waals surface area contributed by atoms with E-state index in [-0.39, 0.29) is 0 Å². The Morgan fingerprint density at radius 3 is 2.80 bits per heavy atom. The average molecular weight is 137 g/mol. The highest BCUT2D eigenvalue weighted by molar-refractivity contribution is 4.91. The van der Waals surface area contributed by atoms with E-state index in [0.717, 1.165) is 12.1 Å². The molecule has 0 aromatic carbocycles. The maximum Gasteiger partial charge on any atom is 0.138 e. The summed E-state index contributed by atoms with van der Waals surface area (Å²) in [6.07, 6.45) is 4.16. The molecule has 0 saturated heterocycles. The molecular weight excluding hydrogens is 126 g/mol. The lowest BCUT2D eigenvalue weighted by Gasteiger charge is -1.99. The predicted molar refractivity (Wildman–Crippen MR) is 38.4 cm³/mol. The molecule has 0 spiro atoms. The molecule has 10 heavy (non-hydrogen) atoms. The van der Waals surface area contributed by atoms with E-state index >= 15 is 0 Å². The zero-order valence-electron chi connectivity index (χ0n) is 6.28.